The highest BCUT2D eigenvalue weighted by Crippen LogP contribution is 2.42. The third-order valence-electron chi connectivity index (χ3n) is 5.07. The van der Waals surface area contributed by atoms with Gasteiger partial charge in [0, 0.05) is 35.9 Å². The lowest BCUT2D eigenvalue weighted by atomic mass is 9.79. The summed E-state index contributed by atoms with van der Waals surface area (Å²) in [7, 11) is 0. The Hall–Kier alpha value is -2.77. The van der Waals surface area contributed by atoms with Gasteiger partial charge in [-0.2, -0.15) is 13.2 Å². The van der Waals surface area contributed by atoms with Crippen LogP contribution in [0.25, 0.3) is 0 Å². The van der Waals surface area contributed by atoms with Crippen molar-refractivity contribution in [2.45, 2.75) is 45.7 Å². The molecule has 0 radical (unpaired) electrons. The maximum atomic E-state index is 13.4. The average molecular weight is 422 g/mol. The van der Waals surface area contributed by atoms with Crippen LogP contribution in [0.2, 0.25) is 0 Å². The molecule has 5 nitrogen and oxygen atoms in total. The maximum Gasteiger partial charge on any atom is 0.416 e. The van der Waals surface area contributed by atoms with Crippen molar-refractivity contribution in [3.8, 4) is 0 Å². The Morgan fingerprint density at radius 1 is 1.33 bits per heavy atom. The number of benzene rings is 1. The van der Waals surface area contributed by atoms with E-state index in [1.165, 1.54) is 6.07 Å². The highest BCUT2D eigenvalue weighted by Gasteiger charge is 2.39. The molecule has 1 aromatic carbocycles. The summed E-state index contributed by atoms with van der Waals surface area (Å²) in [6.07, 6.45) is -3.16. The van der Waals surface area contributed by atoms with Crippen molar-refractivity contribution in [1.29, 1.82) is 0 Å². The molecule has 3 rings (SSSR count). The number of hydrogen-bond acceptors (Lipinski definition) is 5. The number of carbonyl (C=O) groups excluding carboxylic acids is 1. The van der Waals surface area contributed by atoms with Crippen molar-refractivity contribution < 1.29 is 27.4 Å². The van der Waals surface area contributed by atoms with E-state index in [2.05, 4.69) is 10.3 Å². The van der Waals surface area contributed by atoms with Crippen LogP contribution in [-0.4, -0.2) is 31.6 Å². The number of halogens is 3. The Morgan fingerprint density at radius 2 is 2.10 bits per heavy atom. The van der Waals surface area contributed by atoms with Crippen molar-refractivity contribution in [1.82, 2.24) is 5.32 Å². The minimum atomic E-state index is -4.50. The molecule has 30 heavy (non-hydrogen) atoms. The molecule has 0 bridgehead atoms. The van der Waals surface area contributed by atoms with E-state index in [-0.39, 0.29) is 12.2 Å². The van der Waals surface area contributed by atoms with Crippen molar-refractivity contribution in [3.05, 3.63) is 57.9 Å². The normalized spacial score (nSPS) is 19.8. The van der Waals surface area contributed by atoms with Crippen LogP contribution in [0.3, 0.4) is 0 Å². The van der Waals surface area contributed by atoms with Crippen LogP contribution in [0.1, 0.15) is 50.7 Å². The molecule has 0 saturated heterocycles. The molecule has 0 aromatic heterocycles. The van der Waals surface area contributed by atoms with Crippen LogP contribution in [-0.2, 0) is 20.4 Å². The molecule has 0 amide bonds. The molecular weight excluding hydrogens is 397 g/mol. The molecule has 0 fully saturated rings. The second kappa shape index (κ2) is 8.93. The molecule has 1 unspecified atom stereocenters. The van der Waals surface area contributed by atoms with Crippen LogP contribution in [0, 0.1) is 0 Å². The smallest absolute Gasteiger partial charge is 0.416 e. The van der Waals surface area contributed by atoms with Crippen LogP contribution in [0.15, 0.2) is 51.8 Å². The van der Waals surface area contributed by atoms with Crippen molar-refractivity contribution >= 4 is 11.9 Å². The number of nitrogens with one attached hydrogen (secondary N) is 1. The maximum absolute atomic E-state index is 13.4. The second-order valence-electron chi connectivity index (χ2n) is 7.08. The SMILES string of the molecule is CCOC(=O)C1=C(C)NC(CC)=C(C2=NCCCO2)C1c1cccc(C(F)(F)F)c1. The lowest BCUT2D eigenvalue weighted by molar-refractivity contribution is -0.139. The zero-order chi connectivity index (χ0) is 21.9. The van der Waals surface area contributed by atoms with Gasteiger partial charge in [-0.05, 0) is 31.9 Å². The van der Waals surface area contributed by atoms with E-state index < -0.39 is 23.6 Å². The first kappa shape index (κ1) is 21.9. The number of nitrogens with zero attached hydrogens (tertiary/aromatic N) is 1. The highest BCUT2D eigenvalue weighted by molar-refractivity contribution is 6.02. The summed E-state index contributed by atoms with van der Waals surface area (Å²) in [4.78, 5) is 17.3. The van der Waals surface area contributed by atoms with E-state index in [4.69, 9.17) is 9.47 Å². The number of rotatable bonds is 5. The third kappa shape index (κ3) is 4.37. The number of hydrogen-bond donors (Lipinski definition) is 1. The van der Waals surface area contributed by atoms with Gasteiger partial charge >= 0.3 is 12.1 Å². The Labute approximate surface area is 173 Å². The first-order valence-electron chi connectivity index (χ1n) is 10.0. The standard InChI is InChI=1S/C22H25F3N2O3/c1-4-16-19(20-26-10-7-11-30-20)18(17(13(3)27-16)21(28)29-5-2)14-8-6-9-15(12-14)22(23,24)25/h6,8-9,12,18,27H,4-5,7,10-11H2,1-3H3. The average Bonchev–Trinajstić information content (AvgIpc) is 2.73. The molecular formula is C22H25F3N2O3. The molecule has 2 aliphatic heterocycles. The number of carbonyl (C=O) groups is 1. The fraction of sp³-hybridized carbons (Fsp3) is 0.455. The van der Waals surface area contributed by atoms with E-state index >= 15 is 0 Å². The van der Waals surface area contributed by atoms with Crippen molar-refractivity contribution in [2.24, 2.45) is 4.99 Å². The van der Waals surface area contributed by atoms with Gasteiger partial charge in [-0.25, -0.2) is 4.79 Å². The van der Waals surface area contributed by atoms with Gasteiger partial charge in [0.05, 0.1) is 24.4 Å². The Kier molecular flexibility index (Phi) is 6.53. The Bertz CT molecular complexity index is 916. The molecule has 1 N–H and O–H groups in total. The van der Waals surface area contributed by atoms with Gasteiger partial charge in [0.2, 0.25) is 5.90 Å². The molecule has 162 valence electrons. The topological polar surface area (TPSA) is 59.9 Å². The van der Waals surface area contributed by atoms with E-state index in [0.29, 0.717) is 42.3 Å². The van der Waals surface area contributed by atoms with E-state index in [9.17, 15) is 18.0 Å². The summed E-state index contributed by atoms with van der Waals surface area (Å²) in [5.41, 5.74) is 1.73. The van der Waals surface area contributed by atoms with Gasteiger partial charge in [0.1, 0.15) is 0 Å². The first-order chi connectivity index (χ1) is 14.3. The molecule has 2 heterocycles. The number of aliphatic imine (C=N–C) groups is 1. The summed E-state index contributed by atoms with van der Waals surface area (Å²) >= 11 is 0. The third-order valence-corrected chi connectivity index (χ3v) is 5.07. The molecule has 1 aromatic rings. The quantitative estimate of drug-likeness (QED) is 0.698. The second-order valence-corrected chi connectivity index (χ2v) is 7.08. The molecule has 0 aliphatic carbocycles. The molecule has 1 atom stereocenters. The minimum absolute atomic E-state index is 0.155. The van der Waals surface area contributed by atoms with Gasteiger partial charge in [0.25, 0.3) is 0 Å². The monoisotopic (exact) mass is 422 g/mol. The lowest BCUT2D eigenvalue weighted by Gasteiger charge is -2.33. The van der Waals surface area contributed by atoms with E-state index in [1.807, 2.05) is 6.92 Å². The van der Waals surface area contributed by atoms with Gasteiger partial charge < -0.3 is 14.8 Å². The number of allylic oxidation sites excluding steroid dienone is 2. The van der Waals surface area contributed by atoms with Crippen LogP contribution in [0.4, 0.5) is 13.2 Å². The minimum Gasteiger partial charge on any atom is -0.478 e. The Balaban J connectivity index is 2.23. The summed E-state index contributed by atoms with van der Waals surface area (Å²) < 4.78 is 51.2. The van der Waals surface area contributed by atoms with Crippen LogP contribution in [0.5, 0.6) is 0 Å². The predicted molar refractivity (Wildman–Crippen MR) is 107 cm³/mol. The lowest BCUT2D eigenvalue weighted by Crippen LogP contribution is -2.34. The van der Waals surface area contributed by atoms with Crippen LogP contribution >= 0.6 is 0 Å². The molecule has 0 spiro atoms. The largest absolute Gasteiger partial charge is 0.478 e. The molecule has 2 aliphatic rings. The van der Waals surface area contributed by atoms with Crippen molar-refractivity contribution in [3.63, 3.8) is 0 Å². The number of alkyl halides is 3. The number of dihydropyridines is 1. The van der Waals surface area contributed by atoms with Gasteiger partial charge in [-0.3, -0.25) is 4.99 Å². The number of esters is 1. The van der Waals surface area contributed by atoms with Crippen molar-refractivity contribution in [2.75, 3.05) is 19.8 Å². The Morgan fingerprint density at radius 3 is 2.70 bits per heavy atom. The summed E-state index contributed by atoms with van der Waals surface area (Å²) in [5.74, 6) is -0.990. The first-order valence-corrected chi connectivity index (χ1v) is 10.0. The fourth-order valence-corrected chi connectivity index (χ4v) is 3.76. The van der Waals surface area contributed by atoms with Crippen LogP contribution < -0.4 is 5.32 Å². The number of ether oxygens (including phenoxy) is 2. The van der Waals surface area contributed by atoms with E-state index in [1.54, 1.807) is 19.9 Å². The summed E-state index contributed by atoms with van der Waals surface area (Å²) in [5, 5.41) is 3.22. The van der Waals surface area contributed by atoms with Gasteiger partial charge in [-0.1, -0.05) is 25.1 Å². The fourth-order valence-electron chi connectivity index (χ4n) is 3.76. The summed E-state index contributed by atoms with van der Waals surface area (Å²) in [6, 6.07) is 5.04. The molecule has 0 saturated carbocycles. The van der Waals surface area contributed by atoms with E-state index in [0.717, 1.165) is 24.3 Å². The van der Waals surface area contributed by atoms with Gasteiger partial charge in [-0.15, -0.1) is 0 Å². The molecule has 8 heteroatoms. The highest BCUT2D eigenvalue weighted by atomic mass is 19.4. The zero-order valence-corrected chi connectivity index (χ0v) is 17.2. The zero-order valence-electron chi connectivity index (χ0n) is 17.2. The summed E-state index contributed by atoms with van der Waals surface area (Å²) in [6.45, 7) is 6.52. The predicted octanol–water partition coefficient (Wildman–Crippen LogP) is 4.71. The van der Waals surface area contributed by atoms with Gasteiger partial charge in [0.15, 0.2) is 0 Å².